The van der Waals surface area contributed by atoms with Gasteiger partial charge in [-0.25, -0.2) is 10.2 Å². The molecule has 0 saturated heterocycles. The second kappa shape index (κ2) is 9.96. The average Bonchev–Trinajstić information content (AvgIpc) is 2.67. The molecule has 0 aliphatic heterocycles. The lowest BCUT2D eigenvalue weighted by Gasteiger charge is -2.11. The van der Waals surface area contributed by atoms with Crippen LogP contribution >= 0.6 is 0 Å². The van der Waals surface area contributed by atoms with Gasteiger partial charge in [-0.05, 0) is 48.4 Å². The van der Waals surface area contributed by atoms with Gasteiger partial charge in [0.25, 0.3) is 5.91 Å². The van der Waals surface area contributed by atoms with E-state index >= 15 is 0 Å². The molecule has 0 saturated carbocycles. The fraction of sp³-hybridized carbons (Fsp3) is 0.250. The largest absolute Gasteiger partial charge is 0.378 e. The number of anilines is 2. The van der Waals surface area contributed by atoms with Crippen molar-refractivity contribution in [1.29, 1.82) is 0 Å². The number of urea groups is 1. The molecular formula is C20H25N5O2. The SMILES string of the molecule is CCCNC(=O)Nc1ccc(C(=O)NN=Cc2ccc(N(C)C)cc2)cc1. The monoisotopic (exact) mass is 367 g/mol. The Kier molecular flexibility index (Phi) is 7.37. The molecule has 0 unspecified atom stereocenters. The van der Waals surface area contributed by atoms with E-state index in [9.17, 15) is 9.59 Å². The number of hydrogen-bond acceptors (Lipinski definition) is 4. The number of carbonyl (C=O) groups is 2. The standard InChI is InChI=1S/C20H25N5O2/c1-4-13-21-20(27)23-17-9-7-16(8-10-17)19(26)24-22-14-15-5-11-18(12-6-15)25(2)3/h5-12,14H,4,13H2,1-3H3,(H,24,26)(H2,21,23,27). The van der Waals surface area contributed by atoms with Crippen molar-refractivity contribution in [3.05, 3.63) is 59.7 Å². The third kappa shape index (κ3) is 6.47. The van der Waals surface area contributed by atoms with E-state index in [0.29, 0.717) is 17.8 Å². The Bertz CT molecular complexity index is 783. The van der Waals surface area contributed by atoms with Gasteiger partial charge in [0.1, 0.15) is 0 Å². The molecule has 0 radical (unpaired) electrons. The molecule has 7 heteroatoms. The number of nitrogens with zero attached hydrogens (tertiary/aromatic N) is 2. The highest BCUT2D eigenvalue weighted by molar-refractivity contribution is 5.96. The molecule has 2 aromatic carbocycles. The van der Waals surface area contributed by atoms with Crippen LogP contribution in [0.2, 0.25) is 0 Å². The summed E-state index contributed by atoms with van der Waals surface area (Å²) in [6.45, 7) is 2.59. The van der Waals surface area contributed by atoms with Crippen molar-refractivity contribution >= 4 is 29.5 Å². The number of hydrazone groups is 1. The van der Waals surface area contributed by atoms with Gasteiger partial charge in [-0.3, -0.25) is 4.79 Å². The second-order valence-corrected chi connectivity index (χ2v) is 6.14. The minimum absolute atomic E-state index is 0.265. The molecule has 0 aliphatic rings. The maximum atomic E-state index is 12.1. The maximum absolute atomic E-state index is 12.1. The molecule has 0 fully saturated rings. The van der Waals surface area contributed by atoms with Crippen molar-refractivity contribution in [3.63, 3.8) is 0 Å². The topological polar surface area (TPSA) is 85.8 Å². The molecule has 0 bridgehead atoms. The third-order valence-corrected chi connectivity index (χ3v) is 3.73. The van der Waals surface area contributed by atoms with E-state index in [4.69, 9.17) is 0 Å². The van der Waals surface area contributed by atoms with Gasteiger partial charge in [0.05, 0.1) is 6.21 Å². The molecule has 3 N–H and O–H groups in total. The third-order valence-electron chi connectivity index (χ3n) is 3.73. The summed E-state index contributed by atoms with van der Waals surface area (Å²) in [6.07, 6.45) is 2.46. The Morgan fingerprint density at radius 3 is 2.30 bits per heavy atom. The van der Waals surface area contributed by atoms with Crippen LogP contribution in [0, 0.1) is 0 Å². The van der Waals surface area contributed by atoms with Crippen molar-refractivity contribution in [1.82, 2.24) is 10.7 Å². The Labute approximate surface area is 159 Å². The number of nitrogens with one attached hydrogen (secondary N) is 3. The normalized spacial score (nSPS) is 10.5. The second-order valence-electron chi connectivity index (χ2n) is 6.14. The van der Waals surface area contributed by atoms with E-state index in [1.165, 1.54) is 0 Å². The molecule has 142 valence electrons. The summed E-state index contributed by atoms with van der Waals surface area (Å²) in [5.74, 6) is -0.321. The molecule has 0 spiro atoms. The van der Waals surface area contributed by atoms with Gasteiger partial charge in [0.15, 0.2) is 0 Å². The zero-order valence-corrected chi connectivity index (χ0v) is 15.8. The van der Waals surface area contributed by atoms with Crippen LogP contribution in [0.1, 0.15) is 29.3 Å². The number of hydrogen-bond donors (Lipinski definition) is 3. The lowest BCUT2D eigenvalue weighted by Crippen LogP contribution is -2.29. The summed E-state index contributed by atoms with van der Waals surface area (Å²) >= 11 is 0. The quantitative estimate of drug-likeness (QED) is 0.519. The van der Waals surface area contributed by atoms with Crippen LogP contribution in [0.25, 0.3) is 0 Å². The first-order valence-corrected chi connectivity index (χ1v) is 8.75. The first-order chi connectivity index (χ1) is 13.0. The summed E-state index contributed by atoms with van der Waals surface area (Å²) in [5.41, 5.74) is 5.54. The van der Waals surface area contributed by atoms with E-state index in [1.54, 1.807) is 30.5 Å². The Hall–Kier alpha value is -3.35. The first kappa shape index (κ1) is 20.0. The van der Waals surface area contributed by atoms with Crippen LogP contribution < -0.4 is 21.0 Å². The summed E-state index contributed by atoms with van der Waals surface area (Å²) in [4.78, 5) is 25.7. The molecule has 0 heterocycles. The van der Waals surface area contributed by atoms with Crippen LogP contribution in [0.15, 0.2) is 53.6 Å². The van der Waals surface area contributed by atoms with Gasteiger partial charge >= 0.3 is 6.03 Å². The molecule has 2 aromatic rings. The van der Waals surface area contributed by atoms with Crippen molar-refractivity contribution in [2.24, 2.45) is 5.10 Å². The molecule has 2 rings (SSSR count). The zero-order valence-electron chi connectivity index (χ0n) is 15.8. The Morgan fingerprint density at radius 2 is 1.70 bits per heavy atom. The highest BCUT2D eigenvalue weighted by Crippen LogP contribution is 2.11. The number of carbonyl (C=O) groups excluding carboxylic acids is 2. The van der Waals surface area contributed by atoms with Crippen LogP contribution in [0.5, 0.6) is 0 Å². The molecule has 0 aliphatic carbocycles. The summed E-state index contributed by atoms with van der Waals surface area (Å²) in [5, 5.41) is 9.40. The van der Waals surface area contributed by atoms with Gasteiger partial charge < -0.3 is 15.5 Å². The number of benzene rings is 2. The van der Waals surface area contributed by atoms with Crippen molar-refractivity contribution < 1.29 is 9.59 Å². The van der Waals surface area contributed by atoms with Crippen molar-refractivity contribution in [2.45, 2.75) is 13.3 Å². The van der Waals surface area contributed by atoms with Crippen molar-refractivity contribution in [2.75, 3.05) is 30.9 Å². The van der Waals surface area contributed by atoms with Gasteiger partial charge in [0, 0.05) is 37.6 Å². The Balaban J connectivity index is 1.87. The Morgan fingerprint density at radius 1 is 1.04 bits per heavy atom. The smallest absolute Gasteiger partial charge is 0.319 e. The van der Waals surface area contributed by atoms with Gasteiger partial charge in [-0.1, -0.05) is 19.1 Å². The van der Waals surface area contributed by atoms with Crippen LogP contribution in [-0.4, -0.2) is 38.8 Å². The average molecular weight is 367 g/mol. The van der Waals surface area contributed by atoms with Gasteiger partial charge in [0.2, 0.25) is 0 Å². The molecule has 0 atom stereocenters. The zero-order chi connectivity index (χ0) is 19.6. The summed E-state index contributed by atoms with van der Waals surface area (Å²) < 4.78 is 0. The van der Waals surface area contributed by atoms with Crippen LogP contribution in [-0.2, 0) is 0 Å². The highest BCUT2D eigenvalue weighted by atomic mass is 16.2. The predicted octanol–water partition coefficient (Wildman–Crippen LogP) is 3.05. The van der Waals surface area contributed by atoms with Gasteiger partial charge in [-0.15, -0.1) is 0 Å². The first-order valence-electron chi connectivity index (χ1n) is 8.75. The lowest BCUT2D eigenvalue weighted by molar-refractivity contribution is 0.0955. The molecule has 7 nitrogen and oxygen atoms in total. The minimum Gasteiger partial charge on any atom is -0.378 e. The molecular weight excluding hydrogens is 342 g/mol. The fourth-order valence-corrected chi connectivity index (χ4v) is 2.21. The van der Waals surface area contributed by atoms with Crippen LogP contribution in [0.4, 0.5) is 16.2 Å². The maximum Gasteiger partial charge on any atom is 0.319 e. The summed E-state index contributed by atoms with van der Waals surface area (Å²) in [7, 11) is 3.95. The van der Waals surface area contributed by atoms with E-state index < -0.39 is 0 Å². The summed E-state index contributed by atoms with van der Waals surface area (Å²) in [6, 6.07) is 14.1. The van der Waals surface area contributed by atoms with Crippen LogP contribution in [0.3, 0.4) is 0 Å². The highest BCUT2D eigenvalue weighted by Gasteiger charge is 2.05. The number of rotatable bonds is 7. The predicted molar refractivity (Wildman–Crippen MR) is 110 cm³/mol. The van der Waals surface area contributed by atoms with E-state index in [1.807, 2.05) is 50.2 Å². The van der Waals surface area contributed by atoms with Crippen molar-refractivity contribution in [3.8, 4) is 0 Å². The minimum atomic E-state index is -0.321. The molecule has 27 heavy (non-hydrogen) atoms. The van der Waals surface area contributed by atoms with E-state index in [-0.39, 0.29) is 11.9 Å². The fourth-order valence-electron chi connectivity index (χ4n) is 2.21. The van der Waals surface area contributed by atoms with E-state index in [2.05, 4.69) is 21.2 Å². The number of amides is 3. The lowest BCUT2D eigenvalue weighted by atomic mass is 10.2. The molecule has 3 amide bonds. The van der Waals surface area contributed by atoms with E-state index in [0.717, 1.165) is 17.7 Å². The molecule has 0 aromatic heterocycles. The van der Waals surface area contributed by atoms with Gasteiger partial charge in [-0.2, -0.15) is 5.10 Å².